The molecule has 0 bridgehead atoms. The highest BCUT2D eigenvalue weighted by Crippen LogP contribution is 2.15. The lowest BCUT2D eigenvalue weighted by atomic mass is 10.3. The molecule has 0 radical (unpaired) electrons. The molecule has 2 N–H and O–H groups in total. The number of hydrogen-bond acceptors (Lipinski definition) is 4. The van der Waals surface area contributed by atoms with Gasteiger partial charge < -0.3 is 20.1 Å². The smallest absolute Gasteiger partial charge is 0.165 e. The summed E-state index contributed by atoms with van der Waals surface area (Å²) in [4.78, 5) is 2.22. The molecule has 0 heterocycles. The highest BCUT2D eigenvalue weighted by Gasteiger charge is 2.08. The van der Waals surface area contributed by atoms with Gasteiger partial charge in [-0.05, 0) is 33.0 Å². The zero-order valence-corrected chi connectivity index (χ0v) is 12.5. The molecule has 0 aromatic heterocycles. The Balaban J connectivity index is 2.15. The molecule has 1 unspecified atom stereocenters. The zero-order chi connectivity index (χ0) is 15.0. The second-order valence-corrected chi connectivity index (χ2v) is 5.17. The lowest BCUT2D eigenvalue weighted by Gasteiger charge is -2.21. The van der Waals surface area contributed by atoms with E-state index in [9.17, 15) is 9.50 Å². The lowest BCUT2D eigenvalue weighted by Crippen LogP contribution is -2.38. The summed E-state index contributed by atoms with van der Waals surface area (Å²) in [6.45, 7) is 6.49. The van der Waals surface area contributed by atoms with Gasteiger partial charge in [-0.1, -0.05) is 12.1 Å². The molecule has 1 rings (SSSR count). The maximum Gasteiger partial charge on any atom is 0.165 e. The molecule has 0 aliphatic rings. The van der Waals surface area contributed by atoms with Gasteiger partial charge >= 0.3 is 0 Å². The highest BCUT2D eigenvalue weighted by molar-refractivity contribution is 5.23. The third kappa shape index (κ3) is 6.32. The predicted molar refractivity (Wildman–Crippen MR) is 78.5 cm³/mol. The largest absolute Gasteiger partial charge is 0.488 e. The Kier molecular flexibility index (Phi) is 7.51. The minimum Gasteiger partial charge on any atom is -0.488 e. The summed E-state index contributed by atoms with van der Waals surface area (Å²) in [5.74, 6) is -0.239. The predicted octanol–water partition coefficient (Wildman–Crippen LogP) is 1.50. The van der Waals surface area contributed by atoms with Crippen LogP contribution in [-0.4, -0.2) is 55.4 Å². The summed E-state index contributed by atoms with van der Waals surface area (Å²) in [6.07, 6.45) is -0.654. The van der Waals surface area contributed by atoms with E-state index in [-0.39, 0.29) is 12.4 Å². The van der Waals surface area contributed by atoms with Crippen molar-refractivity contribution >= 4 is 0 Å². The first-order chi connectivity index (χ1) is 9.50. The van der Waals surface area contributed by atoms with E-state index < -0.39 is 11.9 Å². The van der Waals surface area contributed by atoms with Crippen molar-refractivity contribution in [2.45, 2.75) is 26.0 Å². The van der Waals surface area contributed by atoms with Crippen LogP contribution in [0.2, 0.25) is 0 Å². The van der Waals surface area contributed by atoms with Crippen LogP contribution >= 0.6 is 0 Å². The van der Waals surface area contributed by atoms with E-state index in [0.717, 1.165) is 13.1 Å². The van der Waals surface area contributed by atoms with Crippen molar-refractivity contribution in [3.05, 3.63) is 30.1 Å². The van der Waals surface area contributed by atoms with Gasteiger partial charge in [0.25, 0.3) is 0 Å². The number of nitrogens with one attached hydrogen (secondary N) is 1. The van der Waals surface area contributed by atoms with Crippen LogP contribution < -0.4 is 10.1 Å². The van der Waals surface area contributed by atoms with Crippen LogP contribution in [0.1, 0.15) is 13.8 Å². The third-order valence-corrected chi connectivity index (χ3v) is 3.17. The second-order valence-electron chi connectivity index (χ2n) is 5.17. The Bertz CT molecular complexity index is 388. The number of benzene rings is 1. The van der Waals surface area contributed by atoms with Crippen LogP contribution in [0.25, 0.3) is 0 Å². The summed E-state index contributed by atoms with van der Waals surface area (Å²) in [6, 6.07) is 6.69. The summed E-state index contributed by atoms with van der Waals surface area (Å²) < 4.78 is 18.5. The number of aliphatic hydroxyl groups is 1. The summed E-state index contributed by atoms with van der Waals surface area (Å²) >= 11 is 0. The first-order valence-electron chi connectivity index (χ1n) is 6.97. The standard InChI is InChI=1S/C15H25FN2O2/c1-12(2)18(3)9-8-17-10-13(19)11-20-15-7-5-4-6-14(15)16/h4-7,12-13,17,19H,8-11H2,1-3H3. The second kappa shape index (κ2) is 8.89. The number of halogens is 1. The van der Waals surface area contributed by atoms with E-state index in [0.29, 0.717) is 12.6 Å². The molecule has 0 aliphatic heterocycles. The molecule has 4 nitrogen and oxygen atoms in total. The fourth-order valence-electron chi connectivity index (χ4n) is 1.59. The monoisotopic (exact) mass is 284 g/mol. The maximum absolute atomic E-state index is 13.3. The van der Waals surface area contributed by atoms with Gasteiger partial charge in [-0.3, -0.25) is 0 Å². The summed E-state index contributed by atoms with van der Waals surface area (Å²) in [5, 5.41) is 12.9. The zero-order valence-electron chi connectivity index (χ0n) is 12.5. The molecule has 114 valence electrons. The van der Waals surface area contributed by atoms with Crippen molar-refractivity contribution in [3.63, 3.8) is 0 Å². The Morgan fingerprint density at radius 2 is 2.05 bits per heavy atom. The van der Waals surface area contributed by atoms with Gasteiger partial charge in [0.05, 0.1) is 0 Å². The Labute approximate surface area is 120 Å². The minimum atomic E-state index is -0.654. The van der Waals surface area contributed by atoms with Crippen molar-refractivity contribution in [3.8, 4) is 5.75 Å². The van der Waals surface area contributed by atoms with E-state index >= 15 is 0 Å². The molecule has 0 saturated heterocycles. The maximum atomic E-state index is 13.3. The van der Waals surface area contributed by atoms with Crippen molar-refractivity contribution in [1.82, 2.24) is 10.2 Å². The minimum absolute atomic E-state index is 0.0773. The molecule has 1 aromatic rings. The molecule has 0 fully saturated rings. The fraction of sp³-hybridized carbons (Fsp3) is 0.600. The van der Waals surface area contributed by atoms with Crippen molar-refractivity contribution < 1.29 is 14.2 Å². The Morgan fingerprint density at radius 1 is 1.35 bits per heavy atom. The van der Waals surface area contributed by atoms with Gasteiger partial charge in [0.1, 0.15) is 12.7 Å². The van der Waals surface area contributed by atoms with Gasteiger partial charge in [0.2, 0.25) is 0 Å². The molecule has 1 aromatic carbocycles. The summed E-state index contributed by atoms with van der Waals surface area (Å²) in [7, 11) is 2.06. The van der Waals surface area contributed by atoms with E-state index in [1.165, 1.54) is 6.07 Å². The van der Waals surface area contributed by atoms with Crippen LogP contribution in [0.15, 0.2) is 24.3 Å². The first kappa shape index (κ1) is 16.9. The molecule has 0 saturated carbocycles. The molecule has 20 heavy (non-hydrogen) atoms. The summed E-state index contributed by atoms with van der Waals surface area (Å²) in [5.41, 5.74) is 0. The number of nitrogens with zero attached hydrogens (tertiary/aromatic N) is 1. The Hall–Kier alpha value is -1.17. The van der Waals surface area contributed by atoms with E-state index in [2.05, 4.69) is 31.1 Å². The van der Waals surface area contributed by atoms with Gasteiger partial charge in [0, 0.05) is 25.7 Å². The number of rotatable bonds is 9. The van der Waals surface area contributed by atoms with Crippen LogP contribution in [0, 0.1) is 5.82 Å². The molecule has 5 heteroatoms. The Morgan fingerprint density at radius 3 is 2.70 bits per heavy atom. The van der Waals surface area contributed by atoms with Gasteiger partial charge in [0.15, 0.2) is 11.6 Å². The number of ether oxygens (including phenoxy) is 1. The van der Waals surface area contributed by atoms with Crippen molar-refractivity contribution in [2.24, 2.45) is 0 Å². The van der Waals surface area contributed by atoms with Crippen LogP contribution in [0.3, 0.4) is 0 Å². The van der Waals surface area contributed by atoms with E-state index in [1.54, 1.807) is 18.2 Å². The topological polar surface area (TPSA) is 44.7 Å². The number of likely N-dealkylation sites (N-methyl/N-ethyl adjacent to an activating group) is 1. The quantitative estimate of drug-likeness (QED) is 0.675. The average molecular weight is 284 g/mol. The fourth-order valence-corrected chi connectivity index (χ4v) is 1.59. The number of hydrogen-bond donors (Lipinski definition) is 2. The van der Waals surface area contributed by atoms with Crippen LogP contribution in [0.4, 0.5) is 4.39 Å². The number of para-hydroxylation sites is 1. The number of aliphatic hydroxyl groups excluding tert-OH is 1. The average Bonchev–Trinajstić information content (AvgIpc) is 2.42. The van der Waals surface area contributed by atoms with E-state index in [1.807, 2.05) is 0 Å². The van der Waals surface area contributed by atoms with Crippen molar-refractivity contribution in [1.29, 1.82) is 0 Å². The molecule has 0 spiro atoms. The SMILES string of the molecule is CC(C)N(C)CCNCC(O)COc1ccccc1F. The van der Waals surface area contributed by atoms with Gasteiger partial charge in [-0.15, -0.1) is 0 Å². The third-order valence-electron chi connectivity index (χ3n) is 3.17. The van der Waals surface area contributed by atoms with Crippen LogP contribution in [-0.2, 0) is 0 Å². The van der Waals surface area contributed by atoms with Crippen molar-refractivity contribution in [2.75, 3.05) is 33.3 Å². The van der Waals surface area contributed by atoms with Gasteiger partial charge in [-0.2, -0.15) is 0 Å². The highest BCUT2D eigenvalue weighted by atomic mass is 19.1. The molecule has 0 aliphatic carbocycles. The lowest BCUT2D eigenvalue weighted by molar-refractivity contribution is 0.103. The molecule has 1 atom stereocenters. The molecular formula is C15H25FN2O2. The normalized spacial score (nSPS) is 12.9. The van der Waals surface area contributed by atoms with Gasteiger partial charge in [-0.25, -0.2) is 4.39 Å². The van der Waals surface area contributed by atoms with E-state index in [4.69, 9.17) is 4.74 Å². The first-order valence-corrected chi connectivity index (χ1v) is 6.97. The molecular weight excluding hydrogens is 259 g/mol. The van der Waals surface area contributed by atoms with Crippen LogP contribution in [0.5, 0.6) is 5.75 Å². The molecule has 0 amide bonds.